The SMILES string of the molecule is CCC[C@@H](N)c1ccnc(Cl)c1Br. The second-order valence-corrected chi connectivity index (χ2v) is 4.05. The molecule has 0 aliphatic carbocycles. The van der Waals surface area contributed by atoms with Gasteiger partial charge in [-0.1, -0.05) is 24.9 Å². The molecule has 13 heavy (non-hydrogen) atoms. The number of aromatic nitrogens is 1. The van der Waals surface area contributed by atoms with Gasteiger partial charge in [-0.05, 0) is 34.0 Å². The van der Waals surface area contributed by atoms with Gasteiger partial charge in [-0.25, -0.2) is 4.98 Å². The highest BCUT2D eigenvalue weighted by molar-refractivity contribution is 9.10. The summed E-state index contributed by atoms with van der Waals surface area (Å²) in [5, 5.41) is 0.476. The number of nitrogens with zero attached hydrogens (tertiary/aromatic N) is 1. The third kappa shape index (κ3) is 2.66. The van der Waals surface area contributed by atoms with Crippen molar-refractivity contribution in [3.05, 3.63) is 27.5 Å². The first-order chi connectivity index (χ1) is 6.16. The van der Waals surface area contributed by atoms with Gasteiger partial charge in [0.05, 0.1) is 4.47 Å². The van der Waals surface area contributed by atoms with Crippen LogP contribution in [-0.4, -0.2) is 4.98 Å². The van der Waals surface area contributed by atoms with E-state index < -0.39 is 0 Å². The molecular formula is C9H12BrClN2. The minimum Gasteiger partial charge on any atom is -0.324 e. The number of pyridine rings is 1. The summed E-state index contributed by atoms with van der Waals surface area (Å²) >= 11 is 9.22. The second kappa shape index (κ2) is 4.94. The van der Waals surface area contributed by atoms with Gasteiger partial charge in [-0.2, -0.15) is 0 Å². The van der Waals surface area contributed by atoms with Crippen molar-refractivity contribution < 1.29 is 0 Å². The van der Waals surface area contributed by atoms with Crippen LogP contribution >= 0.6 is 27.5 Å². The van der Waals surface area contributed by atoms with Gasteiger partial charge >= 0.3 is 0 Å². The van der Waals surface area contributed by atoms with Crippen LogP contribution in [0.1, 0.15) is 31.4 Å². The van der Waals surface area contributed by atoms with Crippen LogP contribution in [0.5, 0.6) is 0 Å². The number of rotatable bonds is 3. The summed E-state index contributed by atoms with van der Waals surface area (Å²) in [5.74, 6) is 0. The Labute approximate surface area is 91.6 Å². The molecular weight excluding hydrogens is 251 g/mol. The summed E-state index contributed by atoms with van der Waals surface area (Å²) in [4.78, 5) is 3.94. The topological polar surface area (TPSA) is 38.9 Å². The predicted molar refractivity (Wildman–Crippen MR) is 58.8 cm³/mol. The van der Waals surface area contributed by atoms with Crippen LogP contribution in [0, 0.1) is 0 Å². The minimum absolute atomic E-state index is 0.0416. The van der Waals surface area contributed by atoms with E-state index in [-0.39, 0.29) is 6.04 Å². The molecule has 0 aliphatic heterocycles. The van der Waals surface area contributed by atoms with Gasteiger partial charge in [0.15, 0.2) is 0 Å². The molecule has 0 aliphatic rings. The third-order valence-corrected chi connectivity index (χ3v) is 3.22. The second-order valence-electron chi connectivity index (χ2n) is 2.90. The summed E-state index contributed by atoms with van der Waals surface area (Å²) in [6, 6.07) is 1.94. The Morgan fingerprint density at radius 2 is 2.38 bits per heavy atom. The smallest absolute Gasteiger partial charge is 0.143 e. The van der Waals surface area contributed by atoms with Crippen molar-refractivity contribution in [1.29, 1.82) is 0 Å². The van der Waals surface area contributed by atoms with Crippen LogP contribution in [0.15, 0.2) is 16.7 Å². The maximum atomic E-state index is 5.96. The van der Waals surface area contributed by atoms with Crippen LogP contribution in [0.25, 0.3) is 0 Å². The first kappa shape index (κ1) is 11.0. The molecule has 72 valence electrons. The van der Waals surface area contributed by atoms with E-state index in [1.54, 1.807) is 6.20 Å². The molecule has 4 heteroatoms. The molecule has 0 bridgehead atoms. The van der Waals surface area contributed by atoms with E-state index in [1.807, 2.05) is 6.07 Å². The molecule has 1 aromatic heterocycles. The largest absolute Gasteiger partial charge is 0.324 e. The normalized spacial score (nSPS) is 12.9. The van der Waals surface area contributed by atoms with Crippen molar-refractivity contribution >= 4 is 27.5 Å². The molecule has 0 amide bonds. The number of halogens is 2. The zero-order valence-electron chi connectivity index (χ0n) is 7.43. The molecule has 1 heterocycles. The number of hydrogen-bond donors (Lipinski definition) is 1. The predicted octanol–water partition coefficient (Wildman–Crippen LogP) is 3.30. The lowest BCUT2D eigenvalue weighted by Gasteiger charge is -2.12. The molecule has 1 aromatic rings. The standard InChI is InChI=1S/C9H12BrClN2/c1-2-3-7(12)6-4-5-13-9(11)8(6)10/h4-5,7H,2-3,12H2,1H3/t7-/m1/s1. The van der Waals surface area contributed by atoms with E-state index in [0.29, 0.717) is 5.15 Å². The fourth-order valence-corrected chi connectivity index (χ4v) is 1.88. The van der Waals surface area contributed by atoms with E-state index in [0.717, 1.165) is 22.9 Å². The van der Waals surface area contributed by atoms with Crippen molar-refractivity contribution in [2.75, 3.05) is 0 Å². The van der Waals surface area contributed by atoms with Crippen molar-refractivity contribution in [2.24, 2.45) is 5.73 Å². The highest BCUT2D eigenvalue weighted by Crippen LogP contribution is 2.29. The maximum absolute atomic E-state index is 5.96. The first-order valence-corrected chi connectivity index (χ1v) is 5.39. The fourth-order valence-electron chi connectivity index (χ4n) is 1.18. The Kier molecular flexibility index (Phi) is 4.16. The average Bonchev–Trinajstić information content (AvgIpc) is 2.10. The quantitative estimate of drug-likeness (QED) is 0.850. The molecule has 0 saturated carbocycles. The molecule has 0 unspecified atom stereocenters. The highest BCUT2D eigenvalue weighted by Gasteiger charge is 2.11. The fraction of sp³-hybridized carbons (Fsp3) is 0.444. The van der Waals surface area contributed by atoms with E-state index in [9.17, 15) is 0 Å². The van der Waals surface area contributed by atoms with Crippen LogP contribution in [0.4, 0.5) is 0 Å². The van der Waals surface area contributed by atoms with E-state index >= 15 is 0 Å². The van der Waals surface area contributed by atoms with Crippen LogP contribution in [0.3, 0.4) is 0 Å². The van der Waals surface area contributed by atoms with Crippen molar-refractivity contribution in [3.8, 4) is 0 Å². The van der Waals surface area contributed by atoms with Gasteiger partial charge in [0.25, 0.3) is 0 Å². The van der Waals surface area contributed by atoms with Crippen LogP contribution in [0.2, 0.25) is 5.15 Å². The summed E-state index contributed by atoms with van der Waals surface area (Å²) in [7, 11) is 0. The number of hydrogen-bond acceptors (Lipinski definition) is 2. The third-order valence-electron chi connectivity index (χ3n) is 1.88. The van der Waals surface area contributed by atoms with Gasteiger partial charge in [0.1, 0.15) is 5.15 Å². The number of nitrogens with two attached hydrogens (primary N) is 1. The zero-order valence-corrected chi connectivity index (χ0v) is 9.77. The zero-order chi connectivity index (χ0) is 9.84. The first-order valence-electron chi connectivity index (χ1n) is 4.22. The Hall–Kier alpha value is -0.120. The Morgan fingerprint density at radius 1 is 1.69 bits per heavy atom. The lowest BCUT2D eigenvalue weighted by Crippen LogP contribution is -2.10. The van der Waals surface area contributed by atoms with E-state index in [2.05, 4.69) is 27.8 Å². The summed E-state index contributed by atoms with van der Waals surface area (Å²) in [5.41, 5.74) is 6.99. The molecule has 0 saturated heterocycles. The van der Waals surface area contributed by atoms with E-state index in [4.69, 9.17) is 17.3 Å². The summed E-state index contributed by atoms with van der Waals surface area (Å²) < 4.78 is 0.817. The Bertz CT molecular complexity index is 291. The van der Waals surface area contributed by atoms with Gasteiger partial charge in [0, 0.05) is 12.2 Å². The summed E-state index contributed by atoms with van der Waals surface area (Å²) in [6.07, 6.45) is 3.70. The lowest BCUT2D eigenvalue weighted by atomic mass is 10.1. The molecule has 0 aromatic carbocycles. The maximum Gasteiger partial charge on any atom is 0.143 e. The monoisotopic (exact) mass is 262 g/mol. The molecule has 1 rings (SSSR count). The van der Waals surface area contributed by atoms with Gasteiger partial charge < -0.3 is 5.73 Å². The average molecular weight is 264 g/mol. The Balaban J connectivity index is 2.93. The lowest BCUT2D eigenvalue weighted by molar-refractivity contribution is 0.635. The van der Waals surface area contributed by atoms with Crippen molar-refractivity contribution in [1.82, 2.24) is 4.98 Å². The molecule has 1 atom stereocenters. The van der Waals surface area contributed by atoms with Gasteiger partial charge in [-0.15, -0.1) is 0 Å². The van der Waals surface area contributed by atoms with Gasteiger partial charge in [0.2, 0.25) is 0 Å². The molecule has 0 fully saturated rings. The molecule has 0 spiro atoms. The summed E-state index contributed by atoms with van der Waals surface area (Å²) in [6.45, 7) is 2.11. The van der Waals surface area contributed by atoms with Crippen LogP contribution in [-0.2, 0) is 0 Å². The Morgan fingerprint density at radius 3 is 3.00 bits per heavy atom. The van der Waals surface area contributed by atoms with Gasteiger partial charge in [-0.3, -0.25) is 0 Å². The molecule has 2 nitrogen and oxygen atoms in total. The van der Waals surface area contributed by atoms with E-state index in [1.165, 1.54) is 0 Å². The molecule has 0 radical (unpaired) electrons. The molecule has 2 N–H and O–H groups in total. The highest BCUT2D eigenvalue weighted by atomic mass is 79.9. The van der Waals surface area contributed by atoms with Crippen molar-refractivity contribution in [2.45, 2.75) is 25.8 Å². The van der Waals surface area contributed by atoms with Crippen molar-refractivity contribution in [3.63, 3.8) is 0 Å². The van der Waals surface area contributed by atoms with Crippen LogP contribution < -0.4 is 5.73 Å². The minimum atomic E-state index is 0.0416.